The van der Waals surface area contributed by atoms with E-state index < -0.39 is 12.0 Å². The fraction of sp³-hybridized carbons (Fsp3) is 0.333. The number of hydrogen-bond acceptors (Lipinski definition) is 7. The second-order valence-electron chi connectivity index (χ2n) is 7.12. The molecule has 9 heteroatoms. The fourth-order valence-corrected chi connectivity index (χ4v) is 3.68. The van der Waals surface area contributed by atoms with Gasteiger partial charge in [0.05, 0.1) is 19.1 Å². The maximum Gasteiger partial charge on any atom is 0.331 e. The van der Waals surface area contributed by atoms with Gasteiger partial charge in [-0.25, -0.2) is 14.8 Å². The van der Waals surface area contributed by atoms with Crippen molar-refractivity contribution >= 4 is 28.7 Å². The molecule has 4 rings (SSSR count). The largest absolute Gasteiger partial charge is 0.467 e. The molecule has 1 saturated heterocycles. The molecule has 3 N–H and O–H groups in total. The van der Waals surface area contributed by atoms with Gasteiger partial charge in [0.25, 0.3) is 0 Å². The monoisotopic (exact) mass is 409 g/mol. The minimum atomic E-state index is -0.445. The SMILES string of the molecule is COC(=O)COCc1cc2c(N3CCCC3C(N)=O)nc(-c3ccccc3)nc2[nH]1. The Morgan fingerprint density at radius 2 is 2.07 bits per heavy atom. The molecular weight excluding hydrogens is 386 g/mol. The molecule has 3 aromatic rings. The van der Waals surface area contributed by atoms with Crippen LogP contribution in [0.4, 0.5) is 5.82 Å². The van der Waals surface area contributed by atoms with Crippen molar-refractivity contribution in [2.24, 2.45) is 5.73 Å². The zero-order valence-corrected chi connectivity index (χ0v) is 16.6. The van der Waals surface area contributed by atoms with E-state index in [-0.39, 0.29) is 19.1 Å². The lowest BCUT2D eigenvalue weighted by Crippen LogP contribution is -2.40. The lowest BCUT2D eigenvalue weighted by molar-refractivity contribution is -0.146. The van der Waals surface area contributed by atoms with Crippen molar-refractivity contribution in [2.75, 3.05) is 25.2 Å². The minimum absolute atomic E-state index is 0.143. The molecule has 0 saturated carbocycles. The number of aromatic amines is 1. The van der Waals surface area contributed by atoms with E-state index in [2.05, 4.69) is 14.7 Å². The minimum Gasteiger partial charge on any atom is -0.467 e. The quantitative estimate of drug-likeness (QED) is 0.570. The molecular formula is C21H23N5O4. The number of H-pyrrole nitrogens is 1. The summed E-state index contributed by atoms with van der Waals surface area (Å²) in [6.07, 6.45) is 1.56. The van der Waals surface area contributed by atoms with Gasteiger partial charge in [-0.1, -0.05) is 30.3 Å². The molecule has 0 bridgehead atoms. The number of benzene rings is 1. The predicted molar refractivity (Wildman–Crippen MR) is 111 cm³/mol. The van der Waals surface area contributed by atoms with Crippen LogP contribution in [0.3, 0.4) is 0 Å². The highest BCUT2D eigenvalue weighted by atomic mass is 16.6. The summed E-state index contributed by atoms with van der Waals surface area (Å²) in [7, 11) is 1.31. The number of nitrogens with two attached hydrogens (primary N) is 1. The summed E-state index contributed by atoms with van der Waals surface area (Å²) in [5, 5.41) is 0.777. The van der Waals surface area contributed by atoms with Crippen LogP contribution in [-0.2, 0) is 25.7 Å². The van der Waals surface area contributed by atoms with Crippen molar-refractivity contribution in [3.8, 4) is 11.4 Å². The number of primary amides is 1. The number of methoxy groups -OCH3 is 1. The van der Waals surface area contributed by atoms with Crippen molar-refractivity contribution in [1.29, 1.82) is 0 Å². The second-order valence-corrected chi connectivity index (χ2v) is 7.12. The van der Waals surface area contributed by atoms with Gasteiger partial charge in [-0.05, 0) is 18.9 Å². The van der Waals surface area contributed by atoms with Gasteiger partial charge in [0, 0.05) is 17.8 Å². The first-order valence-electron chi connectivity index (χ1n) is 9.72. The maximum absolute atomic E-state index is 12.0. The zero-order chi connectivity index (χ0) is 21.1. The summed E-state index contributed by atoms with van der Waals surface area (Å²) in [4.78, 5) is 37.9. The third-order valence-corrected chi connectivity index (χ3v) is 5.11. The fourth-order valence-electron chi connectivity index (χ4n) is 3.68. The second kappa shape index (κ2) is 8.50. The number of anilines is 1. The number of ether oxygens (including phenoxy) is 2. The molecule has 1 atom stereocenters. The molecule has 0 radical (unpaired) electrons. The summed E-state index contributed by atoms with van der Waals surface area (Å²) in [6.45, 7) is 0.730. The number of rotatable bonds is 7. The molecule has 156 valence electrons. The number of nitrogens with zero attached hydrogens (tertiary/aromatic N) is 3. The van der Waals surface area contributed by atoms with E-state index in [9.17, 15) is 9.59 Å². The standard InChI is InChI=1S/C21H23N5O4/c1-29-17(27)12-30-11-14-10-15-20(23-14)24-19(13-6-3-2-4-7-13)25-21(15)26-9-5-8-16(26)18(22)28/h2-4,6-7,10,16H,5,8-9,11-12H2,1H3,(H2,22,28)(H,23,24,25). The van der Waals surface area contributed by atoms with E-state index in [0.29, 0.717) is 30.3 Å². The molecule has 1 aromatic carbocycles. The molecule has 9 nitrogen and oxygen atoms in total. The van der Waals surface area contributed by atoms with E-state index in [1.54, 1.807) is 0 Å². The van der Waals surface area contributed by atoms with E-state index in [1.807, 2.05) is 41.3 Å². The van der Waals surface area contributed by atoms with Crippen LogP contribution in [0.25, 0.3) is 22.4 Å². The predicted octanol–water partition coefficient (Wildman–Crippen LogP) is 1.77. The van der Waals surface area contributed by atoms with Crippen LogP contribution in [0.5, 0.6) is 0 Å². The Labute approximate surface area is 173 Å². The summed E-state index contributed by atoms with van der Waals surface area (Å²) in [5.41, 5.74) is 7.88. The van der Waals surface area contributed by atoms with Gasteiger partial charge in [0.1, 0.15) is 24.1 Å². The normalized spacial score (nSPS) is 16.2. The van der Waals surface area contributed by atoms with Gasteiger partial charge < -0.3 is 25.1 Å². The van der Waals surface area contributed by atoms with Crippen molar-refractivity contribution in [3.63, 3.8) is 0 Å². The Morgan fingerprint density at radius 1 is 1.27 bits per heavy atom. The molecule has 2 aromatic heterocycles. The smallest absolute Gasteiger partial charge is 0.331 e. The van der Waals surface area contributed by atoms with E-state index in [4.69, 9.17) is 15.5 Å². The highest BCUT2D eigenvalue weighted by Crippen LogP contribution is 2.32. The van der Waals surface area contributed by atoms with E-state index >= 15 is 0 Å². The number of fused-ring (bicyclic) bond motifs is 1. The number of carbonyl (C=O) groups is 2. The molecule has 0 spiro atoms. The van der Waals surface area contributed by atoms with Crippen LogP contribution in [0.2, 0.25) is 0 Å². The first kappa shape index (κ1) is 19.8. The van der Waals surface area contributed by atoms with Crippen molar-refractivity contribution < 1.29 is 19.1 Å². The zero-order valence-electron chi connectivity index (χ0n) is 16.6. The van der Waals surface area contributed by atoms with Gasteiger partial charge >= 0.3 is 5.97 Å². The third-order valence-electron chi connectivity index (χ3n) is 5.11. The van der Waals surface area contributed by atoms with Gasteiger partial charge in [0.2, 0.25) is 5.91 Å². The highest BCUT2D eigenvalue weighted by Gasteiger charge is 2.32. The van der Waals surface area contributed by atoms with Gasteiger partial charge in [-0.3, -0.25) is 4.79 Å². The van der Waals surface area contributed by atoms with Crippen LogP contribution in [0.1, 0.15) is 18.5 Å². The first-order valence-corrected chi connectivity index (χ1v) is 9.72. The van der Waals surface area contributed by atoms with Crippen LogP contribution >= 0.6 is 0 Å². The topological polar surface area (TPSA) is 123 Å². The molecule has 3 heterocycles. The average Bonchev–Trinajstić information content (AvgIpc) is 3.40. The van der Waals surface area contributed by atoms with Crippen molar-refractivity contribution in [2.45, 2.75) is 25.5 Å². The third kappa shape index (κ3) is 3.97. The number of amides is 1. The van der Waals surface area contributed by atoms with Gasteiger partial charge in [0.15, 0.2) is 5.82 Å². The molecule has 1 fully saturated rings. The van der Waals surface area contributed by atoms with Crippen LogP contribution < -0.4 is 10.6 Å². The first-order chi connectivity index (χ1) is 14.6. The van der Waals surface area contributed by atoms with Crippen LogP contribution in [-0.4, -0.2) is 53.1 Å². The Kier molecular flexibility index (Phi) is 5.62. The Hall–Kier alpha value is -3.46. The number of hydrogen-bond donors (Lipinski definition) is 2. The molecule has 1 amide bonds. The van der Waals surface area contributed by atoms with Crippen molar-refractivity contribution in [3.05, 3.63) is 42.1 Å². The number of nitrogens with one attached hydrogen (secondary N) is 1. The van der Waals surface area contributed by atoms with E-state index in [1.165, 1.54) is 7.11 Å². The number of carbonyl (C=O) groups excluding carboxylic acids is 2. The summed E-state index contributed by atoms with van der Waals surface area (Å²) >= 11 is 0. The average molecular weight is 409 g/mol. The summed E-state index contributed by atoms with van der Waals surface area (Å²) < 4.78 is 9.99. The van der Waals surface area contributed by atoms with E-state index in [0.717, 1.165) is 23.1 Å². The van der Waals surface area contributed by atoms with Crippen LogP contribution in [0, 0.1) is 0 Å². The lowest BCUT2D eigenvalue weighted by atomic mass is 10.2. The molecule has 30 heavy (non-hydrogen) atoms. The maximum atomic E-state index is 12.0. The lowest BCUT2D eigenvalue weighted by Gasteiger charge is -2.24. The Bertz CT molecular complexity index is 1070. The molecule has 1 aliphatic heterocycles. The number of aromatic nitrogens is 3. The highest BCUT2D eigenvalue weighted by molar-refractivity contribution is 5.93. The number of esters is 1. The Balaban J connectivity index is 1.74. The Morgan fingerprint density at radius 3 is 2.80 bits per heavy atom. The van der Waals surface area contributed by atoms with Gasteiger partial charge in [-0.15, -0.1) is 0 Å². The van der Waals surface area contributed by atoms with Crippen molar-refractivity contribution in [1.82, 2.24) is 15.0 Å². The summed E-state index contributed by atoms with van der Waals surface area (Å²) in [5.74, 6) is 0.407. The van der Waals surface area contributed by atoms with Gasteiger partial charge in [-0.2, -0.15) is 0 Å². The summed E-state index contributed by atoms with van der Waals surface area (Å²) in [6, 6.07) is 11.1. The van der Waals surface area contributed by atoms with Crippen LogP contribution in [0.15, 0.2) is 36.4 Å². The molecule has 0 aliphatic carbocycles. The molecule has 1 aliphatic rings. The molecule has 1 unspecified atom stereocenters.